The number of hydrogen-bond donors (Lipinski definition) is 1. The average Bonchev–Trinajstić information content (AvgIpc) is 3.05. The molecule has 2 aromatic carbocycles. The average molecular weight is 536 g/mol. The van der Waals surface area contributed by atoms with Gasteiger partial charge in [-0.2, -0.15) is 0 Å². The smallest absolute Gasteiger partial charge is 0.127 e. The summed E-state index contributed by atoms with van der Waals surface area (Å²) >= 11 is 0. The van der Waals surface area contributed by atoms with Crippen molar-refractivity contribution in [2.75, 3.05) is 13.6 Å². The van der Waals surface area contributed by atoms with E-state index in [1.165, 1.54) is 33.5 Å². The zero-order valence-electron chi connectivity index (χ0n) is 23.6. The van der Waals surface area contributed by atoms with Crippen molar-refractivity contribution in [2.45, 2.75) is 24.9 Å². The van der Waals surface area contributed by atoms with Crippen molar-refractivity contribution in [1.82, 2.24) is 10.2 Å². The highest BCUT2D eigenvalue weighted by Gasteiger charge is 2.36. The van der Waals surface area contributed by atoms with Crippen molar-refractivity contribution < 1.29 is 0 Å². The van der Waals surface area contributed by atoms with E-state index in [1.54, 1.807) is 0 Å². The molecule has 2 heterocycles. The summed E-state index contributed by atoms with van der Waals surface area (Å²) in [7, 11) is 2.24. The van der Waals surface area contributed by atoms with Crippen molar-refractivity contribution in [1.29, 1.82) is 0 Å². The van der Waals surface area contributed by atoms with Crippen molar-refractivity contribution in [3.63, 3.8) is 0 Å². The first-order valence-corrected chi connectivity index (χ1v) is 14.9. The van der Waals surface area contributed by atoms with Crippen LogP contribution < -0.4 is 5.32 Å². The number of hydrogen-bond acceptors (Lipinski definition) is 3. The zero-order valence-corrected chi connectivity index (χ0v) is 23.6. The van der Waals surface area contributed by atoms with Gasteiger partial charge in [-0.3, -0.25) is 4.99 Å². The highest BCUT2D eigenvalue weighted by molar-refractivity contribution is 6.10. The maximum Gasteiger partial charge on any atom is 0.127 e. The van der Waals surface area contributed by atoms with E-state index in [9.17, 15) is 0 Å². The monoisotopic (exact) mass is 535 g/mol. The predicted octanol–water partition coefficient (Wildman–Crippen LogP) is 7.90. The molecule has 204 valence electrons. The van der Waals surface area contributed by atoms with Gasteiger partial charge in [0.15, 0.2) is 0 Å². The molecule has 0 bridgehead atoms. The molecule has 5 atom stereocenters. The van der Waals surface area contributed by atoms with Crippen LogP contribution in [0.1, 0.15) is 24.3 Å². The molecule has 1 N–H and O–H groups in total. The minimum Gasteiger partial charge on any atom is -0.387 e. The number of benzene rings is 2. The Morgan fingerprint density at radius 1 is 0.854 bits per heavy atom. The lowest BCUT2D eigenvalue weighted by Gasteiger charge is -2.42. The second kappa shape index (κ2) is 11.2. The van der Waals surface area contributed by atoms with Crippen LogP contribution in [-0.2, 0) is 0 Å². The van der Waals surface area contributed by atoms with Gasteiger partial charge < -0.3 is 10.2 Å². The summed E-state index contributed by atoms with van der Waals surface area (Å²) in [4.78, 5) is 7.89. The van der Waals surface area contributed by atoms with Crippen LogP contribution in [-0.4, -0.2) is 30.4 Å². The van der Waals surface area contributed by atoms with E-state index < -0.39 is 0 Å². The number of allylic oxidation sites excluding steroid dienone is 12. The number of nitrogens with zero attached hydrogens (tertiary/aromatic N) is 2. The molecule has 41 heavy (non-hydrogen) atoms. The van der Waals surface area contributed by atoms with Crippen molar-refractivity contribution in [3.8, 4) is 11.1 Å². The van der Waals surface area contributed by atoms with Gasteiger partial charge in [-0.1, -0.05) is 115 Å². The Bertz CT molecular complexity index is 1580. The standard InChI is InChI=1S/C38H37N3/c1-41-37(35-21-9-14-28-13-5-6-20-34(28)35)25-36(33-19-10-22-39-26-33)40-38(41)32-18-8-17-31(24-32)30-16-7-15-29(23-30)27-11-3-2-4-12-27/h2-16,18-23,25,28,31-32,34,38-39H,17,24,26H2,1H3. The Hall–Kier alpha value is -4.37. The summed E-state index contributed by atoms with van der Waals surface area (Å²) in [5.74, 6) is 1.56. The molecule has 5 aliphatic rings. The van der Waals surface area contributed by atoms with E-state index in [1.807, 2.05) is 6.20 Å². The molecule has 2 aromatic rings. The van der Waals surface area contributed by atoms with Gasteiger partial charge in [-0.05, 0) is 64.9 Å². The molecule has 0 fully saturated rings. The fourth-order valence-corrected chi connectivity index (χ4v) is 6.91. The lowest BCUT2D eigenvalue weighted by molar-refractivity contribution is 0.230. The summed E-state index contributed by atoms with van der Waals surface area (Å²) in [5.41, 5.74) is 9.00. The quantitative estimate of drug-likeness (QED) is 0.394. The second-order valence-electron chi connectivity index (χ2n) is 11.6. The van der Waals surface area contributed by atoms with E-state index in [-0.39, 0.29) is 6.17 Å². The molecule has 2 aliphatic heterocycles. The van der Waals surface area contributed by atoms with E-state index in [2.05, 4.69) is 145 Å². The Balaban J connectivity index is 1.21. The predicted molar refractivity (Wildman–Crippen MR) is 171 cm³/mol. The van der Waals surface area contributed by atoms with Crippen LogP contribution in [0.3, 0.4) is 0 Å². The van der Waals surface area contributed by atoms with E-state index in [0.717, 1.165) is 25.1 Å². The molecule has 7 rings (SSSR count). The van der Waals surface area contributed by atoms with Gasteiger partial charge in [0.1, 0.15) is 6.17 Å². The van der Waals surface area contributed by atoms with Crippen molar-refractivity contribution in [2.24, 2.45) is 22.7 Å². The molecule has 0 saturated carbocycles. The van der Waals surface area contributed by atoms with E-state index in [4.69, 9.17) is 4.99 Å². The molecule has 0 radical (unpaired) electrons. The SMILES string of the molecule is CN1C(C2=CC=CC3C=CC=CC23)=CC(C2=CC=CNC2)=NC1C1C=CCC(c2cccc(-c3ccccc3)c2)C1. The fourth-order valence-electron chi connectivity index (χ4n) is 6.91. The van der Waals surface area contributed by atoms with Crippen molar-refractivity contribution in [3.05, 3.63) is 156 Å². The van der Waals surface area contributed by atoms with E-state index >= 15 is 0 Å². The Morgan fingerprint density at radius 3 is 2.59 bits per heavy atom. The van der Waals surface area contributed by atoms with E-state index in [0.29, 0.717) is 23.7 Å². The molecule has 0 amide bonds. The minimum absolute atomic E-state index is 0.0431. The number of rotatable bonds is 5. The topological polar surface area (TPSA) is 27.6 Å². The Labute approximate surface area is 244 Å². The van der Waals surface area contributed by atoms with Gasteiger partial charge in [0.05, 0.1) is 5.71 Å². The first kappa shape index (κ1) is 25.6. The second-order valence-corrected chi connectivity index (χ2v) is 11.6. The minimum atomic E-state index is 0.0431. The highest BCUT2D eigenvalue weighted by Crippen LogP contribution is 2.42. The zero-order chi connectivity index (χ0) is 27.6. The Morgan fingerprint density at radius 2 is 1.71 bits per heavy atom. The van der Waals surface area contributed by atoms with Crippen LogP contribution in [0.5, 0.6) is 0 Å². The summed E-state index contributed by atoms with van der Waals surface area (Å²) in [6.07, 6.45) is 31.6. The third-order valence-corrected chi connectivity index (χ3v) is 9.10. The molecular weight excluding hydrogens is 498 g/mol. The lowest BCUT2D eigenvalue weighted by Crippen LogP contribution is -2.42. The first-order valence-electron chi connectivity index (χ1n) is 14.9. The van der Waals surface area contributed by atoms with Crippen LogP contribution in [0.4, 0.5) is 0 Å². The van der Waals surface area contributed by atoms with Crippen LogP contribution in [0, 0.1) is 17.8 Å². The van der Waals surface area contributed by atoms with Gasteiger partial charge in [0.25, 0.3) is 0 Å². The third kappa shape index (κ3) is 5.13. The lowest BCUT2D eigenvalue weighted by atomic mass is 9.76. The fraction of sp³-hybridized carbons (Fsp3) is 0.237. The summed E-state index contributed by atoms with van der Waals surface area (Å²) < 4.78 is 0. The molecule has 5 unspecified atom stereocenters. The van der Waals surface area contributed by atoms with Crippen molar-refractivity contribution >= 4 is 5.71 Å². The number of fused-ring (bicyclic) bond motifs is 1. The number of nitrogens with one attached hydrogen (secondary N) is 1. The van der Waals surface area contributed by atoms with Crippen LogP contribution in [0.25, 0.3) is 11.1 Å². The largest absolute Gasteiger partial charge is 0.387 e. The van der Waals surface area contributed by atoms with Gasteiger partial charge in [-0.15, -0.1) is 0 Å². The normalized spacial score (nSPS) is 28.3. The number of aliphatic imine (C=N–C) groups is 1. The molecule has 3 nitrogen and oxygen atoms in total. The number of dihydropyridines is 1. The van der Waals surface area contributed by atoms with Crippen LogP contribution in [0.15, 0.2) is 156 Å². The summed E-state index contributed by atoms with van der Waals surface area (Å²) in [6, 6.07) is 19.9. The van der Waals surface area contributed by atoms with Crippen LogP contribution >= 0.6 is 0 Å². The molecule has 3 aliphatic carbocycles. The summed E-state index contributed by atoms with van der Waals surface area (Å²) in [6.45, 7) is 0.804. The molecular formula is C38H37N3. The first-order chi connectivity index (χ1) is 20.2. The maximum absolute atomic E-state index is 5.45. The van der Waals surface area contributed by atoms with Gasteiger partial charge >= 0.3 is 0 Å². The van der Waals surface area contributed by atoms with Gasteiger partial charge in [0.2, 0.25) is 0 Å². The highest BCUT2D eigenvalue weighted by atomic mass is 15.3. The molecule has 3 heteroatoms. The van der Waals surface area contributed by atoms with Gasteiger partial charge in [-0.25, -0.2) is 0 Å². The molecule has 0 saturated heterocycles. The van der Waals surface area contributed by atoms with Crippen LogP contribution in [0.2, 0.25) is 0 Å². The summed E-state index contributed by atoms with van der Waals surface area (Å²) in [5, 5.41) is 3.39. The maximum atomic E-state index is 5.45. The molecule has 0 spiro atoms. The Kier molecular flexibility index (Phi) is 7.02. The molecule has 0 aromatic heterocycles. The third-order valence-electron chi connectivity index (χ3n) is 9.10. The number of likely N-dealkylation sites (N-methyl/N-ethyl adjacent to an activating group) is 1. The van der Waals surface area contributed by atoms with Gasteiger partial charge in [0, 0.05) is 37.0 Å².